The van der Waals surface area contributed by atoms with Gasteiger partial charge in [-0.15, -0.1) is 0 Å². The molecular formula is C12H23N3OS. The van der Waals surface area contributed by atoms with Crippen LogP contribution in [0.5, 0.6) is 0 Å². The Morgan fingerprint density at radius 3 is 3.06 bits per heavy atom. The number of hydrogen-bond donors (Lipinski definition) is 1. The van der Waals surface area contributed by atoms with Crippen molar-refractivity contribution in [3.63, 3.8) is 0 Å². The molecule has 2 aliphatic heterocycles. The molecule has 4 nitrogen and oxygen atoms in total. The van der Waals surface area contributed by atoms with E-state index in [1.165, 1.54) is 0 Å². The highest BCUT2D eigenvalue weighted by molar-refractivity contribution is 8.14. The van der Waals surface area contributed by atoms with Crippen LogP contribution >= 0.6 is 11.8 Å². The summed E-state index contributed by atoms with van der Waals surface area (Å²) in [5.74, 6) is 1.81. The van der Waals surface area contributed by atoms with E-state index in [1.807, 2.05) is 11.8 Å². The molecule has 0 bridgehead atoms. The van der Waals surface area contributed by atoms with Crippen molar-refractivity contribution in [3.05, 3.63) is 0 Å². The second-order valence-electron chi connectivity index (χ2n) is 5.21. The minimum atomic E-state index is 0.266. The smallest absolute Gasteiger partial charge is 0.156 e. The lowest BCUT2D eigenvalue weighted by atomic mass is 10.1. The van der Waals surface area contributed by atoms with Gasteiger partial charge in [-0.05, 0) is 13.0 Å². The standard InChI is InChI=1S/C12H23N3OS/c1-9(2)11-8-17-12(14-11)13-6-10-7-15(3)4-5-16-10/h9-11H,4-8H2,1-3H3,(H,13,14)/t10?,11-/m1/s1. The molecule has 1 N–H and O–H groups in total. The number of amidine groups is 1. The molecule has 0 aliphatic carbocycles. The number of morpholine rings is 1. The fraction of sp³-hybridized carbons (Fsp3) is 0.917. The first kappa shape index (κ1) is 13.2. The fourth-order valence-corrected chi connectivity index (χ4v) is 3.23. The predicted molar refractivity (Wildman–Crippen MR) is 73.8 cm³/mol. The molecule has 0 saturated carbocycles. The topological polar surface area (TPSA) is 36.9 Å². The molecule has 0 aromatic heterocycles. The van der Waals surface area contributed by atoms with Gasteiger partial charge in [-0.3, -0.25) is 4.99 Å². The van der Waals surface area contributed by atoms with Crippen LogP contribution in [0, 0.1) is 5.92 Å². The van der Waals surface area contributed by atoms with E-state index >= 15 is 0 Å². The Balaban J connectivity index is 1.77. The molecular weight excluding hydrogens is 234 g/mol. The number of hydrogen-bond acceptors (Lipinski definition) is 4. The average Bonchev–Trinajstić information content (AvgIpc) is 2.75. The van der Waals surface area contributed by atoms with Crippen LogP contribution in [0.1, 0.15) is 13.8 Å². The highest BCUT2D eigenvalue weighted by Crippen LogP contribution is 2.19. The molecule has 17 heavy (non-hydrogen) atoms. The van der Waals surface area contributed by atoms with Crippen LogP contribution < -0.4 is 5.32 Å². The molecule has 0 spiro atoms. The molecule has 2 aliphatic rings. The van der Waals surface area contributed by atoms with Crippen LogP contribution in [-0.4, -0.2) is 61.3 Å². The summed E-state index contributed by atoms with van der Waals surface area (Å²) >= 11 is 1.84. The van der Waals surface area contributed by atoms with Gasteiger partial charge in [-0.25, -0.2) is 0 Å². The lowest BCUT2D eigenvalue weighted by Gasteiger charge is -2.29. The molecule has 0 amide bonds. The highest BCUT2D eigenvalue weighted by atomic mass is 32.2. The van der Waals surface area contributed by atoms with Gasteiger partial charge in [-0.2, -0.15) is 0 Å². The van der Waals surface area contributed by atoms with Crippen molar-refractivity contribution < 1.29 is 4.74 Å². The first-order valence-electron chi connectivity index (χ1n) is 6.39. The van der Waals surface area contributed by atoms with E-state index in [1.54, 1.807) is 0 Å². The Morgan fingerprint density at radius 1 is 1.59 bits per heavy atom. The van der Waals surface area contributed by atoms with Crippen molar-refractivity contribution in [1.29, 1.82) is 0 Å². The number of rotatable bonds is 3. The minimum Gasteiger partial charge on any atom is -0.374 e. The molecule has 1 unspecified atom stereocenters. The predicted octanol–water partition coefficient (Wildman–Crippen LogP) is 1.03. The molecule has 2 saturated heterocycles. The van der Waals surface area contributed by atoms with E-state index in [2.05, 4.69) is 36.1 Å². The summed E-state index contributed by atoms with van der Waals surface area (Å²) in [6, 6.07) is 0.577. The van der Waals surface area contributed by atoms with E-state index < -0.39 is 0 Å². The first-order chi connectivity index (χ1) is 8.15. The summed E-state index contributed by atoms with van der Waals surface area (Å²) in [6.45, 7) is 8.15. The Hall–Kier alpha value is -0.260. The molecule has 2 fully saturated rings. The van der Waals surface area contributed by atoms with Crippen molar-refractivity contribution in [1.82, 2.24) is 10.2 Å². The summed E-state index contributed by atoms with van der Waals surface area (Å²) in [5, 5.41) is 4.58. The number of aliphatic imine (C=N–C) groups is 1. The summed E-state index contributed by atoms with van der Waals surface area (Å²) < 4.78 is 5.70. The van der Waals surface area contributed by atoms with E-state index in [-0.39, 0.29) is 6.10 Å². The van der Waals surface area contributed by atoms with Crippen molar-refractivity contribution in [2.24, 2.45) is 10.9 Å². The van der Waals surface area contributed by atoms with Crippen LogP contribution in [0.4, 0.5) is 0 Å². The third kappa shape index (κ3) is 3.86. The van der Waals surface area contributed by atoms with Crippen molar-refractivity contribution in [2.45, 2.75) is 26.0 Å². The largest absolute Gasteiger partial charge is 0.374 e. The zero-order valence-corrected chi connectivity index (χ0v) is 11.8. The van der Waals surface area contributed by atoms with E-state index in [4.69, 9.17) is 4.74 Å². The quantitative estimate of drug-likeness (QED) is 0.819. The minimum absolute atomic E-state index is 0.266. The molecule has 0 aromatic rings. The van der Waals surface area contributed by atoms with Gasteiger partial charge in [0.25, 0.3) is 0 Å². The number of likely N-dealkylation sites (N-methyl/N-ethyl adjacent to an activating group) is 1. The van der Waals surface area contributed by atoms with Gasteiger partial charge >= 0.3 is 0 Å². The third-order valence-electron chi connectivity index (χ3n) is 3.29. The van der Waals surface area contributed by atoms with Crippen molar-refractivity contribution in [3.8, 4) is 0 Å². The first-order valence-corrected chi connectivity index (χ1v) is 7.37. The van der Waals surface area contributed by atoms with Crippen LogP contribution in [0.15, 0.2) is 4.99 Å². The van der Waals surface area contributed by atoms with Gasteiger partial charge in [0.1, 0.15) is 0 Å². The maximum absolute atomic E-state index is 5.70. The fourth-order valence-electron chi connectivity index (χ4n) is 2.02. The molecule has 98 valence electrons. The molecule has 0 radical (unpaired) electrons. The van der Waals surface area contributed by atoms with Crippen LogP contribution in [0.3, 0.4) is 0 Å². The zero-order valence-electron chi connectivity index (χ0n) is 11.0. The molecule has 5 heteroatoms. The van der Waals surface area contributed by atoms with Gasteiger partial charge in [0, 0.05) is 24.9 Å². The Labute approximate surface area is 108 Å². The van der Waals surface area contributed by atoms with Gasteiger partial charge in [-0.1, -0.05) is 25.6 Å². The zero-order chi connectivity index (χ0) is 12.3. The monoisotopic (exact) mass is 257 g/mol. The number of thioether (sulfide) groups is 1. The SMILES string of the molecule is CC(C)[C@H]1CSC(=NCC2CN(C)CCO2)N1. The Morgan fingerprint density at radius 2 is 2.41 bits per heavy atom. The van der Waals surface area contributed by atoms with E-state index in [9.17, 15) is 0 Å². The van der Waals surface area contributed by atoms with Gasteiger partial charge < -0.3 is 15.0 Å². The Kier molecular flexibility index (Phi) is 4.70. The van der Waals surface area contributed by atoms with E-state index in [0.29, 0.717) is 12.0 Å². The van der Waals surface area contributed by atoms with Gasteiger partial charge in [0.05, 0.1) is 19.3 Å². The average molecular weight is 257 g/mol. The van der Waals surface area contributed by atoms with Crippen LogP contribution in [0.25, 0.3) is 0 Å². The molecule has 0 aromatic carbocycles. The number of nitrogens with zero attached hydrogens (tertiary/aromatic N) is 2. The second-order valence-corrected chi connectivity index (χ2v) is 6.22. The maximum atomic E-state index is 5.70. The molecule has 2 rings (SSSR count). The summed E-state index contributed by atoms with van der Waals surface area (Å²) in [7, 11) is 2.14. The molecule has 2 atom stereocenters. The summed E-state index contributed by atoms with van der Waals surface area (Å²) in [4.78, 5) is 6.94. The second kappa shape index (κ2) is 6.07. The summed E-state index contributed by atoms with van der Waals surface area (Å²) in [6.07, 6.45) is 0.266. The Bertz CT molecular complexity index is 283. The lowest BCUT2D eigenvalue weighted by Crippen LogP contribution is -2.41. The summed E-state index contributed by atoms with van der Waals surface area (Å²) in [5.41, 5.74) is 0. The van der Waals surface area contributed by atoms with E-state index in [0.717, 1.165) is 37.2 Å². The number of nitrogens with one attached hydrogen (secondary N) is 1. The number of ether oxygens (including phenoxy) is 1. The van der Waals surface area contributed by atoms with Crippen molar-refractivity contribution in [2.75, 3.05) is 39.0 Å². The highest BCUT2D eigenvalue weighted by Gasteiger charge is 2.23. The van der Waals surface area contributed by atoms with Crippen LogP contribution in [-0.2, 0) is 4.74 Å². The lowest BCUT2D eigenvalue weighted by molar-refractivity contribution is -0.0135. The van der Waals surface area contributed by atoms with Gasteiger partial charge in [0.15, 0.2) is 5.17 Å². The van der Waals surface area contributed by atoms with Crippen LogP contribution in [0.2, 0.25) is 0 Å². The van der Waals surface area contributed by atoms with Gasteiger partial charge in [0.2, 0.25) is 0 Å². The third-order valence-corrected chi connectivity index (χ3v) is 4.34. The van der Waals surface area contributed by atoms with Crippen molar-refractivity contribution >= 4 is 16.9 Å². The maximum Gasteiger partial charge on any atom is 0.156 e. The molecule has 2 heterocycles. The normalized spacial score (nSPS) is 33.3.